The molecule has 1 saturated carbocycles. The highest BCUT2D eigenvalue weighted by molar-refractivity contribution is 5.14. The number of alkyl halides is 3. The second-order valence-electron chi connectivity index (χ2n) is 4.91. The van der Waals surface area contributed by atoms with Gasteiger partial charge in [0.1, 0.15) is 0 Å². The fourth-order valence-corrected chi connectivity index (χ4v) is 2.19. The van der Waals surface area contributed by atoms with Crippen LogP contribution in [0.5, 0.6) is 0 Å². The summed E-state index contributed by atoms with van der Waals surface area (Å²) in [5.41, 5.74) is -1.17. The quantitative estimate of drug-likeness (QED) is 0.893. The fourth-order valence-electron chi connectivity index (χ4n) is 2.19. The normalized spacial score (nSPS) is 17.5. The molecule has 0 amide bonds. The molecule has 106 valence electrons. The first kappa shape index (κ1) is 14.1. The second kappa shape index (κ2) is 5.36. The van der Waals surface area contributed by atoms with E-state index >= 15 is 0 Å². The van der Waals surface area contributed by atoms with Gasteiger partial charge in [-0.2, -0.15) is 13.2 Å². The maximum atomic E-state index is 12.6. The molecule has 2 rings (SSSR count). The minimum absolute atomic E-state index is 0.0752. The second-order valence-corrected chi connectivity index (χ2v) is 4.91. The molecule has 1 unspecified atom stereocenters. The first-order valence-corrected chi connectivity index (χ1v) is 6.43. The molecule has 1 aromatic rings. The van der Waals surface area contributed by atoms with Gasteiger partial charge >= 0.3 is 6.18 Å². The SMILES string of the molecule is CCNC(Cn1cc(C(F)(F)F)ccc1=O)C1CC1. The third kappa shape index (κ3) is 3.59. The lowest BCUT2D eigenvalue weighted by Gasteiger charge is -2.19. The molecule has 0 aromatic carbocycles. The molecule has 0 saturated heterocycles. The van der Waals surface area contributed by atoms with Gasteiger partial charge in [-0.05, 0) is 31.4 Å². The summed E-state index contributed by atoms with van der Waals surface area (Å²) < 4.78 is 39.0. The van der Waals surface area contributed by atoms with Gasteiger partial charge in [-0.3, -0.25) is 4.79 Å². The zero-order valence-corrected chi connectivity index (χ0v) is 10.7. The Hall–Kier alpha value is -1.30. The van der Waals surface area contributed by atoms with Crippen LogP contribution in [-0.2, 0) is 12.7 Å². The van der Waals surface area contributed by atoms with Crippen molar-refractivity contribution in [1.29, 1.82) is 0 Å². The summed E-state index contributed by atoms with van der Waals surface area (Å²) in [4.78, 5) is 11.6. The van der Waals surface area contributed by atoms with Crippen molar-refractivity contribution in [2.45, 2.75) is 38.5 Å². The number of nitrogens with zero attached hydrogens (tertiary/aromatic N) is 1. The van der Waals surface area contributed by atoms with Gasteiger partial charge in [0.05, 0.1) is 5.56 Å². The van der Waals surface area contributed by atoms with Gasteiger partial charge in [-0.15, -0.1) is 0 Å². The molecular weight excluding hydrogens is 257 g/mol. The van der Waals surface area contributed by atoms with E-state index in [1.807, 2.05) is 6.92 Å². The van der Waals surface area contributed by atoms with E-state index in [9.17, 15) is 18.0 Å². The smallest absolute Gasteiger partial charge is 0.313 e. The van der Waals surface area contributed by atoms with E-state index in [1.165, 1.54) is 0 Å². The Kier molecular flexibility index (Phi) is 3.99. The lowest BCUT2D eigenvalue weighted by atomic mass is 10.1. The molecule has 0 spiro atoms. The maximum absolute atomic E-state index is 12.6. The Morgan fingerprint density at radius 3 is 2.63 bits per heavy atom. The van der Waals surface area contributed by atoms with Crippen LogP contribution in [0.3, 0.4) is 0 Å². The molecule has 19 heavy (non-hydrogen) atoms. The van der Waals surface area contributed by atoms with Gasteiger partial charge in [0, 0.05) is 24.8 Å². The number of rotatable bonds is 5. The van der Waals surface area contributed by atoms with Crippen LogP contribution in [-0.4, -0.2) is 17.2 Å². The van der Waals surface area contributed by atoms with E-state index in [0.717, 1.165) is 42.3 Å². The Morgan fingerprint density at radius 1 is 1.42 bits per heavy atom. The lowest BCUT2D eigenvalue weighted by Crippen LogP contribution is -2.38. The third-order valence-corrected chi connectivity index (χ3v) is 3.36. The standard InChI is InChI=1S/C13H17F3N2O/c1-2-17-11(9-3-4-9)8-18-7-10(13(14,15)16)5-6-12(18)19/h5-7,9,11,17H,2-4,8H2,1H3. The molecule has 0 bridgehead atoms. The van der Waals surface area contributed by atoms with Crippen molar-refractivity contribution < 1.29 is 13.2 Å². The largest absolute Gasteiger partial charge is 0.417 e. The van der Waals surface area contributed by atoms with Gasteiger partial charge in [-0.1, -0.05) is 6.92 Å². The van der Waals surface area contributed by atoms with E-state index in [0.29, 0.717) is 12.5 Å². The number of hydrogen-bond acceptors (Lipinski definition) is 2. The maximum Gasteiger partial charge on any atom is 0.417 e. The summed E-state index contributed by atoms with van der Waals surface area (Å²) >= 11 is 0. The monoisotopic (exact) mass is 274 g/mol. The van der Waals surface area contributed by atoms with Crippen molar-refractivity contribution >= 4 is 0 Å². The molecule has 0 radical (unpaired) electrons. The molecule has 1 atom stereocenters. The molecule has 6 heteroatoms. The van der Waals surface area contributed by atoms with Crippen molar-refractivity contribution in [3.63, 3.8) is 0 Å². The molecule has 1 aliphatic rings. The van der Waals surface area contributed by atoms with Crippen LogP contribution in [0, 0.1) is 5.92 Å². The molecule has 3 nitrogen and oxygen atoms in total. The Balaban J connectivity index is 2.20. The minimum Gasteiger partial charge on any atom is -0.313 e. The van der Waals surface area contributed by atoms with Crippen molar-refractivity contribution in [1.82, 2.24) is 9.88 Å². The zero-order chi connectivity index (χ0) is 14.0. The van der Waals surface area contributed by atoms with Crippen LogP contribution in [0.15, 0.2) is 23.1 Å². The van der Waals surface area contributed by atoms with Crippen LogP contribution in [0.1, 0.15) is 25.3 Å². The van der Waals surface area contributed by atoms with Crippen molar-refractivity contribution in [3.8, 4) is 0 Å². The average molecular weight is 274 g/mol. The van der Waals surface area contributed by atoms with Gasteiger partial charge < -0.3 is 9.88 Å². The van der Waals surface area contributed by atoms with Crippen LogP contribution in [0.4, 0.5) is 13.2 Å². The Morgan fingerprint density at radius 2 is 2.11 bits per heavy atom. The first-order chi connectivity index (χ1) is 8.91. The lowest BCUT2D eigenvalue weighted by molar-refractivity contribution is -0.138. The number of pyridine rings is 1. The van der Waals surface area contributed by atoms with Crippen LogP contribution >= 0.6 is 0 Å². The summed E-state index contributed by atoms with van der Waals surface area (Å²) in [7, 11) is 0. The molecule has 0 aliphatic heterocycles. The zero-order valence-electron chi connectivity index (χ0n) is 10.7. The molecule has 1 aromatic heterocycles. The Bertz CT molecular complexity index is 491. The number of halogens is 3. The summed E-state index contributed by atoms with van der Waals surface area (Å²) in [6.07, 6.45) is -1.35. The van der Waals surface area contributed by atoms with Gasteiger partial charge in [0.15, 0.2) is 0 Å². The minimum atomic E-state index is -4.41. The number of aromatic nitrogens is 1. The van der Waals surface area contributed by atoms with Crippen molar-refractivity contribution in [2.75, 3.05) is 6.54 Å². The predicted molar refractivity (Wildman–Crippen MR) is 65.9 cm³/mol. The van der Waals surface area contributed by atoms with Gasteiger partial charge in [0.25, 0.3) is 5.56 Å². The highest BCUT2D eigenvalue weighted by atomic mass is 19.4. The van der Waals surface area contributed by atoms with E-state index in [4.69, 9.17) is 0 Å². The van der Waals surface area contributed by atoms with Crippen LogP contribution in [0.25, 0.3) is 0 Å². The van der Waals surface area contributed by atoms with Crippen molar-refractivity contribution in [3.05, 3.63) is 34.2 Å². The van der Waals surface area contributed by atoms with E-state index in [1.54, 1.807) is 0 Å². The number of hydrogen-bond donors (Lipinski definition) is 1. The van der Waals surface area contributed by atoms with E-state index in [-0.39, 0.29) is 6.04 Å². The van der Waals surface area contributed by atoms with Crippen molar-refractivity contribution in [2.24, 2.45) is 5.92 Å². The number of likely N-dealkylation sites (N-methyl/N-ethyl adjacent to an activating group) is 1. The third-order valence-electron chi connectivity index (χ3n) is 3.36. The van der Waals surface area contributed by atoms with E-state index < -0.39 is 17.3 Å². The molecule has 1 fully saturated rings. The highest BCUT2D eigenvalue weighted by Crippen LogP contribution is 2.33. The summed E-state index contributed by atoms with van der Waals surface area (Å²) in [6.45, 7) is 2.99. The highest BCUT2D eigenvalue weighted by Gasteiger charge is 2.33. The molecular formula is C13H17F3N2O. The first-order valence-electron chi connectivity index (χ1n) is 6.43. The molecule has 1 aliphatic carbocycles. The van der Waals surface area contributed by atoms with Gasteiger partial charge in [0.2, 0.25) is 0 Å². The average Bonchev–Trinajstić information content (AvgIpc) is 3.13. The molecule has 1 N–H and O–H groups in total. The summed E-state index contributed by atoms with van der Waals surface area (Å²) in [5.74, 6) is 0.474. The Labute approximate surface area is 109 Å². The van der Waals surface area contributed by atoms with Gasteiger partial charge in [-0.25, -0.2) is 0 Å². The topological polar surface area (TPSA) is 34.0 Å². The summed E-state index contributed by atoms with van der Waals surface area (Å²) in [6, 6.07) is 1.89. The van der Waals surface area contributed by atoms with Crippen LogP contribution in [0.2, 0.25) is 0 Å². The summed E-state index contributed by atoms with van der Waals surface area (Å²) in [5, 5.41) is 3.24. The number of nitrogens with one attached hydrogen (secondary N) is 1. The van der Waals surface area contributed by atoms with Crippen LogP contribution < -0.4 is 10.9 Å². The van der Waals surface area contributed by atoms with E-state index in [2.05, 4.69) is 5.32 Å². The fraction of sp³-hybridized carbons (Fsp3) is 0.615. The predicted octanol–water partition coefficient (Wildman–Crippen LogP) is 2.26. The molecule has 1 heterocycles.